The second-order valence-corrected chi connectivity index (χ2v) is 6.10. The van der Waals surface area contributed by atoms with Crippen molar-refractivity contribution in [3.8, 4) is 0 Å². The highest BCUT2D eigenvalue weighted by Gasteiger charge is 2.10. The largest absolute Gasteiger partial charge is 0.330 e. The van der Waals surface area contributed by atoms with E-state index in [1.54, 1.807) is 11.8 Å². The Morgan fingerprint density at radius 3 is 2.68 bits per heavy atom. The lowest BCUT2D eigenvalue weighted by molar-refractivity contribution is 0.944. The van der Waals surface area contributed by atoms with E-state index < -0.39 is 0 Å². The van der Waals surface area contributed by atoms with Gasteiger partial charge in [0.15, 0.2) is 0 Å². The van der Waals surface area contributed by atoms with Crippen LogP contribution in [0.5, 0.6) is 0 Å². The van der Waals surface area contributed by atoms with Crippen molar-refractivity contribution in [1.82, 2.24) is 0 Å². The van der Waals surface area contributed by atoms with Crippen molar-refractivity contribution < 1.29 is 0 Å². The summed E-state index contributed by atoms with van der Waals surface area (Å²) < 4.78 is 0. The van der Waals surface area contributed by atoms with E-state index in [0.717, 1.165) is 16.3 Å². The fourth-order valence-electron chi connectivity index (χ4n) is 1.95. The second-order valence-electron chi connectivity index (χ2n) is 4.64. The molecule has 0 bridgehead atoms. The summed E-state index contributed by atoms with van der Waals surface area (Å²) in [5.41, 5.74) is 9.43. The van der Waals surface area contributed by atoms with Crippen molar-refractivity contribution >= 4 is 23.4 Å². The fourth-order valence-corrected chi connectivity index (χ4v) is 3.42. The average Bonchev–Trinajstić information content (AvgIpc) is 2.38. The molecule has 100 valence electrons. The number of benzene rings is 2. The first-order valence-electron chi connectivity index (χ1n) is 6.34. The summed E-state index contributed by atoms with van der Waals surface area (Å²) in [5, 5.41) is 0.803. The molecule has 0 saturated carbocycles. The number of hydrogen-bond acceptors (Lipinski definition) is 2. The van der Waals surface area contributed by atoms with Crippen molar-refractivity contribution in [1.29, 1.82) is 0 Å². The van der Waals surface area contributed by atoms with Gasteiger partial charge in [-0.15, -0.1) is 0 Å². The van der Waals surface area contributed by atoms with Gasteiger partial charge < -0.3 is 5.73 Å². The summed E-state index contributed by atoms with van der Waals surface area (Å²) in [6.07, 6.45) is 0.855. The van der Waals surface area contributed by atoms with Gasteiger partial charge in [0.05, 0.1) is 5.02 Å². The Morgan fingerprint density at radius 2 is 1.95 bits per heavy atom. The Bertz CT molecular complexity index is 581. The highest BCUT2D eigenvalue weighted by atomic mass is 35.5. The zero-order valence-electron chi connectivity index (χ0n) is 11.2. The van der Waals surface area contributed by atoms with Crippen LogP contribution in [0.2, 0.25) is 5.02 Å². The molecule has 0 heterocycles. The van der Waals surface area contributed by atoms with Crippen molar-refractivity contribution in [2.24, 2.45) is 5.73 Å². The summed E-state index contributed by atoms with van der Waals surface area (Å²) in [6, 6.07) is 12.5. The van der Waals surface area contributed by atoms with Crippen molar-refractivity contribution in [2.75, 3.05) is 6.54 Å². The predicted octanol–water partition coefficient (Wildman–Crippen LogP) is 4.61. The van der Waals surface area contributed by atoms with E-state index >= 15 is 0 Å². The maximum Gasteiger partial charge on any atom is 0.0548 e. The van der Waals surface area contributed by atoms with Crippen LogP contribution in [0.15, 0.2) is 46.2 Å². The van der Waals surface area contributed by atoms with Crippen LogP contribution >= 0.6 is 23.4 Å². The minimum absolute atomic E-state index is 0.640. The zero-order valence-corrected chi connectivity index (χ0v) is 12.8. The topological polar surface area (TPSA) is 26.0 Å². The molecule has 0 aromatic heterocycles. The molecule has 0 fully saturated rings. The first kappa shape index (κ1) is 14.4. The molecule has 0 spiro atoms. The van der Waals surface area contributed by atoms with Crippen LogP contribution in [0.1, 0.15) is 16.7 Å². The molecule has 19 heavy (non-hydrogen) atoms. The minimum atomic E-state index is 0.640. The number of nitrogens with two attached hydrogens (primary N) is 1. The Hall–Kier alpha value is -0.960. The zero-order chi connectivity index (χ0) is 13.8. The summed E-state index contributed by atoms with van der Waals surface area (Å²) >= 11 is 8.08. The third-order valence-corrected chi connectivity index (χ3v) is 4.79. The molecule has 0 aliphatic heterocycles. The first-order chi connectivity index (χ1) is 9.11. The Kier molecular flexibility index (Phi) is 4.92. The van der Waals surface area contributed by atoms with Crippen molar-refractivity contribution in [2.45, 2.75) is 30.1 Å². The van der Waals surface area contributed by atoms with Gasteiger partial charge >= 0.3 is 0 Å². The lowest BCUT2D eigenvalue weighted by Crippen LogP contribution is -2.03. The molecule has 0 saturated heterocycles. The van der Waals surface area contributed by atoms with E-state index in [2.05, 4.69) is 38.1 Å². The maximum absolute atomic E-state index is 6.35. The molecule has 0 aliphatic rings. The quantitative estimate of drug-likeness (QED) is 0.890. The van der Waals surface area contributed by atoms with Gasteiger partial charge in [-0.3, -0.25) is 0 Å². The molecule has 0 aliphatic carbocycles. The molecule has 3 heteroatoms. The van der Waals surface area contributed by atoms with Crippen molar-refractivity contribution in [3.63, 3.8) is 0 Å². The van der Waals surface area contributed by atoms with Gasteiger partial charge in [0.2, 0.25) is 0 Å². The van der Waals surface area contributed by atoms with Gasteiger partial charge in [0.25, 0.3) is 0 Å². The van der Waals surface area contributed by atoms with E-state index in [4.69, 9.17) is 17.3 Å². The second kappa shape index (κ2) is 6.47. The molecule has 2 aromatic carbocycles. The van der Waals surface area contributed by atoms with E-state index in [0.29, 0.717) is 6.54 Å². The highest BCUT2D eigenvalue weighted by Crippen LogP contribution is 2.38. The van der Waals surface area contributed by atoms with Gasteiger partial charge in [0, 0.05) is 9.79 Å². The normalized spacial score (nSPS) is 10.7. The lowest BCUT2D eigenvalue weighted by Gasteiger charge is -2.12. The molecule has 0 amide bonds. The van der Waals surface area contributed by atoms with Gasteiger partial charge in [0.1, 0.15) is 0 Å². The summed E-state index contributed by atoms with van der Waals surface area (Å²) in [4.78, 5) is 2.38. The van der Waals surface area contributed by atoms with Crippen LogP contribution in [0.4, 0.5) is 0 Å². The van der Waals surface area contributed by atoms with Gasteiger partial charge in [-0.2, -0.15) is 0 Å². The van der Waals surface area contributed by atoms with Crippen LogP contribution in [-0.4, -0.2) is 6.54 Å². The van der Waals surface area contributed by atoms with Crippen LogP contribution in [0.25, 0.3) is 0 Å². The number of aryl methyl sites for hydroxylation is 2. The van der Waals surface area contributed by atoms with Crippen LogP contribution in [0.3, 0.4) is 0 Å². The molecule has 0 atom stereocenters. The Balaban J connectivity index is 2.39. The van der Waals surface area contributed by atoms with E-state index in [9.17, 15) is 0 Å². The minimum Gasteiger partial charge on any atom is -0.330 e. The molecule has 0 unspecified atom stereocenters. The third kappa shape index (κ3) is 3.53. The van der Waals surface area contributed by atoms with E-state index in [-0.39, 0.29) is 0 Å². The summed E-state index contributed by atoms with van der Waals surface area (Å²) in [7, 11) is 0. The van der Waals surface area contributed by atoms with Crippen molar-refractivity contribution in [3.05, 3.63) is 58.1 Å². The van der Waals surface area contributed by atoms with E-state index in [1.165, 1.54) is 21.6 Å². The summed E-state index contributed by atoms with van der Waals surface area (Å²) in [5.74, 6) is 0. The molecule has 1 nitrogen and oxygen atoms in total. The highest BCUT2D eigenvalue weighted by molar-refractivity contribution is 7.99. The molecule has 0 radical (unpaired) electrons. The fraction of sp³-hybridized carbons (Fsp3) is 0.250. The first-order valence-corrected chi connectivity index (χ1v) is 7.54. The van der Waals surface area contributed by atoms with Gasteiger partial charge in [-0.25, -0.2) is 0 Å². The molecule has 2 N–H and O–H groups in total. The molecule has 2 aromatic rings. The molecular formula is C16H18ClNS. The third-order valence-electron chi connectivity index (χ3n) is 3.02. The monoisotopic (exact) mass is 291 g/mol. The number of hydrogen-bond donors (Lipinski definition) is 1. The number of halogens is 1. The standard InChI is InChI=1S/C16H18ClNS/c1-11-6-7-12(2)15(10-11)19-16-13(8-9-18)4-3-5-14(16)17/h3-7,10H,8-9,18H2,1-2H3. The van der Waals surface area contributed by atoms with E-state index in [1.807, 2.05) is 12.1 Å². The van der Waals surface area contributed by atoms with Crippen LogP contribution in [0, 0.1) is 13.8 Å². The average molecular weight is 292 g/mol. The Labute approximate surface area is 124 Å². The summed E-state index contributed by atoms with van der Waals surface area (Å²) in [6.45, 7) is 4.87. The Morgan fingerprint density at radius 1 is 1.16 bits per heavy atom. The lowest BCUT2D eigenvalue weighted by atomic mass is 10.1. The van der Waals surface area contributed by atoms with Gasteiger partial charge in [-0.1, -0.05) is 47.6 Å². The SMILES string of the molecule is Cc1ccc(C)c(Sc2c(Cl)cccc2CCN)c1. The number of rotatable bonds is 4. The van der Waals surface area contributed by atoms with Crippen LogP contribution < -0.4 is 5.73 Å². The smallest absolute Gasteiger partial charge is 0.0548 e. The molecular weight excluding hydrogens is 274 g/mol. The van der Waals surface area contributed by atoms with Gasteiger partial charge in [-0.05, 0) is 55.6 Å². The maximum atomic E-state index is 6.35. The predicted molar refractivity (Wildman–Crippen MR) is 84.2 cm³/mol. The molecule has 2 rings (SSSR count). The van der Waals surface area contributed by atoms with Crippen LogP contribution in [-0.2, 0) is 6.42 Å².